The summed E-state index contributed by atoms with van der Waals surface area (Å²) in [5.41, 5.74) is 10.2. The lowest BCUT2D eigenvalue weighted by atomic mass is 9.86. The molecule has 15 heavy (non-hydrogen) atoms. The van der Waals surface area contributed by atoms with Crippen molar-refractivity contribution in [2.45, 2.75) is 46.6 Å². The van der Waals surface area contributed by atoms with Gasteiger partial charge in [0.05, 0.1) is 0 Å². The van der Waals surface area contributed by atoms with Crippen molar-refractivity contribution >= 4 is 0 Å². The van der Waals surface area contributed by atoms with Crippen molar-refractivity contribution in [3.63, 3.8) is 0 Å². The molecule has 0 bridgehead atoms. The van der Waals surface area contributed by atoms with E-state index in [1.807, 2.05) is 0 Å². The molecular formula is C14H23N. The molecule has 0 aromatic heterocycles. The van der Waals surface area contributed by atoms with Crippen LogP contribution in [0.25, 0.3) is 0 Å². The molecule has 0 radical (unpaired) electrons. The second-order valence-electron chi connectivity index (χ2n) is 4.95. The highest BCUT2D eigenvalue weighted by Crippen LogP contribution is 2.24. The molecule has 2 N–H and O–H groups in total. The summed E-state index contributed by atoms with van der Waals surface area (Å²) >= 11 is 0. The van der Waals surface area contributed by atoms with E-state index in [9.17, 15) is 0 Å². The highest BCUT2D eigenvalue weighted by Gasteiger charge is 2.18. The van der Waals surface area contributed by atoms with Gasteiger partial charge < -0.3 is 5.73 Å². The van der Waals surface area contributed by atoms with Crippen LogP contribution in [0.3, 0.4) is 0 Å². The fourth-order valence-electron chi connectivity index (χ4n) is 1.85. The predicted molar refractivity (Wildman–Crippen MR) is 67.1 cm³/mol. The molecule has 1 heteroatoms. The van der Waals surface area contributed by atoms with Gasteiger partial charge >= 0.3 is 0 Å². The number of hydrogen-bond donors (Lipinski definition) is 1. The van der Waals surface area contributed by atoms with Crippen molar-refractivity contribution in [3.05, 3.63) is 34.9 Å². The van der Waals surface area contributed by atoms with Crippen molar-refractivity contribution < 1.29 is 0 Å². The van der Waals surface area contributed by atoms with E-state index >= 15 is 0 Å². The third-order valence-corrected chi connectivity index (χ3v) is 3.40. The smallest absolute Gasteiger partial charge is 0.0128 e. The average molecular weight is 205 g/mol. The van der Waals surface area contributed by atoms with Gasteiger partial charge in [0.1, 0.15) is 0 Å². The van der Waals surface area contributed by atoms with Gasteiger partial charge in [0, 0.05) is 6.04 Å². The zero-order valence-electron chi connectivity index (χ0n) is 10.5. The van der Waals surface area contributed by atoms with Crippen LogP contribution in [-0.4, -0.2) is 6.04 Å². The largest absolute Gasteiger partial charge is 0.327 e. The lowest BCUT2D eigenvalue weighted by Gasteiger charge is -2.24. The third-order valence-electron chi connectivity index (χ3n) is 3.40. The van der Waals surface area contributed by atoms with Gasteiger partial charge in [0.15, 0.2) is 0 Å². The van der Waals surface area contributed by atoms with Crippen LogP contribution in [0.5, 0.6) is 0 Å². The second kappa shape index (κ2) is 4.80. The summed E-state index contributed by atoms with van der Waals surface area (Å²) in [7, 11) is 0. The van der Waals surface area contributed by atoms with E-state index in [2.05, 4.69) is 52.8 Å². The molecule has 1 aromatic rings. The topological polar surface area (TPSA) is 26.0 Å². The van der Waals surface area contributed by atoms with Gasteiger partial charge in [0.2, 0.25) is 0 Å². The highest BCUT2D eigenvalue weighted by atomic mass is 14.7. The maximum atomic E-state index is 6.18. The van der Waals surface area contributed by atoms with Crippen LogP contribution >= 0.6 is 0 Å². The molecule has 0 saturated carbocycles. The molecule has 1 nitrogen and oxygen atoms in total. The Labute approximate surface area is 93.7 Å². The summed E-state index contributed by atoms with van der Waals surface area (Å²) < 4.78 is 0. The zero-order chi connectivity index (χ0) is 11.6. The second-order valence-corrected chi connectivity index (χ2v) is 4.95. The average Bonchev–Trinajstić information content (AvgIpc) is 2.19. The fourth-order valence-corrected chi connectivity index (χ4v) is 1.85. The summed E-state index contributed by atoms with van der Waals surface area (Å²) in [6, 6.07) is 6.90. The Hall–Kier alpha value is -0.820. The molecule has 84 valence electrons. The van der Waals surface area contributed by atoms with Crippen molar-refractivity contribution in [2.24, 2.45) is 11.7 Å². The summed E-state index contributed by atoms with van der Waals surface area (Å²) in [5, 5.41) is 0. The van der Waals surface area contributed by atoms with Crippen molar-refractivity contribution in [3.8, 4) is 0 Å². The van der Waals surface area contributed by atoms with Crippen LogP contribution in [0.1, 0.15) is 43.4 Å². The van der Waals surface area contributed by atoms with Gasteiger partial charge in [-0.05, 0) is 42.4 Å². The Kier molecular flexibility index (Phi) is 3.92. The Bertz CT molecular complexity index is 328. The molecule has 0 fully saturated rings. The van der Waals surface area contributed by atoms with Gasteiger partial charge in [-0.2, -0.15) is 0 Å². The maximum Gasteiger partial charge on any atom is 0.0128 e. The van der Waals surface area contributed by atoms with E-state index in [1.165, 1.54) is 16.7 Å². The Balaban J connectivity index is 2.91. The fraction of sp³-hybridized carbons (Fsp3) is 0.571. The first kappa shape index (κ1) is 12.3. The Morgan fingerprint density at radius 2 is 1.60 bits per heavy atom. The molecule has 0 aliphatic carbocycles. The number of aryl methyl sites for hydroxylation is 2. The molecule has 2 unspecified atom stereocenters. The lowest BCUT2D eigenvalue weighted by Crippen LogP contribution is -2.32. The zero-order valence-corrected chi connectivity index (χ0v) is 10.5. The van der Waals surface area contributed by atoms with E-state index < -0.39 is 0 Å². The number of nitrogens with two attached hydrogens (primary N) is 1. The SMILES string of the molecule is Cc1ccc(C(C)C(N)C(C)C)cc1C. The quantitative estimate of drug-likeness (QED) is 0.804. The molecule has 0 aliphatic rings. The maximum absolute atomic E-state index is 6.18. The molecule has 1 aromatic carbocycles. The molecule has 0 spiro atoms. The molecule has 0 heterocycles. The lowest BCUT2D eigenvalue weighted by molar-refractivity contribution is 0.434. The Morgan fingerprint density at radius 3 is 2.07 bits per heavy atom. The van der Waals surface area contributed by atoms with Crippen molar-refractivity contribution in [1.82, 2.24) is 0 Å². The first-order valence-electron chi connectivity index (χ1n) is 5.76. The molecule has 0 saturated heterocycles. The van der Waals surface area contributed by atoms with Crippen LogP contribution in [0.4, 0.5) is 0 Å². The summed E-state index contributed by atoms with van der Waals surface area (Å²) in [5.74, 6) is 0.964. The third kappa shape index (κ3) is 2.82. The predicted octanol–water partition coefficient (Wildman–Crippen LogP) is 3.39. The van der Waals surface area contributed by atoms with Gasteiger partial charge in [0.25, 0.3) is 0 Å². The van der Waals surface area contributed by atoms with Crippen LogP contribution < -0.4 is 5.73 Å². The van der Waals surface area contributed by atoms with E-state index in [4.69, 9.17) is 5.73 Å². The van der Waals surface area contributed by atoms with Crippen LogP contribution in [-0.2, 0) is 0 Å². The minimum absolute atomic E-state index is 0.243. The van der Waals surface area contributed by atoms with Crippen LogP contribution in [0.2, 0.25) is 0 Å². The summed E-state index contributed by atoms with van der Waals surface area (Å²) in [6.45, 7) is 10.9. The minimum atomic E-state index is 0.243. The summed E-state index contributed by atoms with van der Waals surface area (Å²) in [6.07, 6.45) is 0. The molecular weight excluding hydrogens is 182 g/mol. The molecule has 2 atom stereocenters. The van der Waals surface area contributed by atoms with Gasteiger partial charge in [-0.1, -0.05) is 39.0 Å². The van der Waals surface area contributed by atoms with Crippen molar-refractivity contribution in [1.29, 1.82) is 0 Å². The number of benzene rings is 1. The molecule has 0 aliphatic heterocycles. The number of hydrogen-bond acceptors (Lipinski definition) is 1. The first-order chi connectivity index (χ1) is 6.93. The normalized spacial score (nSPS) is 15.4. The standard InChI is InChI=1S/C14H23N/c1-9(2)14(15)12(5)13-7-6-10(3)11(4)8-13/h6-9,12,14H,15H2,1-5H3. The van der Waals surface area contributed by atoms with E-state index in [0.717, 1.165) is 0 Å². The molecule has 0 amide bonds. The van der Waals surface area contributed by atoms with E-state index in [-0.39, 0.29) is 6.04 Å². The van der Waals surface area contributed by atoms with Gasteiger partial charge in [-0.3, -0.25) is 0 Å². The van der Waals surface area contributed by atoms with Crippen LogP contribution in [0.15, 0.2) is 18.2 Å². The van der Waals surface area contributed by atoms with Crippen LogP contribution in [0, 0.1) is 19.8 Å². The van der Waals surface area contributed by atoms with Crippen molar-refractivity contribution in [2.75, 3.05) is 0 Å². The molecule has 1 rings (SSSR count). The van der Waals surface area contributed by atoms with Gasteiger partial charge in [-0.15, -0.1) is 0 Å². The summed E-state index contributed by atoms with van der Waals surface area (Å²) in [4.78, 5) is 0. The highest BCUT2D eigenvalue weighted by molar-refractivity contribution is 5.32. The minimum Gasteiger partial charge on any atom is -0.327 e. The Morgan fingerprint density at radius 1 is 1.00 bits per heavy atom. The van der Waals surface area contributed by atoms with Gasteiger partial charge in [-0.25, -0.2) is 0 Å². The first-order valence-corrected chi connectivity index (χ1v) is 5.76. The monoisotopic (exact) mass is 205 g/mol. The van der Waals surface area contributed by atoms with E-state index in [1.54, 1.807) is 0 Å². The number of rotatable bonds is 3. The van der Waals surface area contributed by atoms with E-state index in [0.29, 0.717) is 11.8 Å².